The molecule has 0 radical (unpaired) electrons. The van der Waals surface area contributed by atoms with Crippen LogP contribution in [0.2, 0.25) is 0 Å². The Hall–Kier alpha value is -1.35. The highest BCUT2D eigenvalue weighted by atomic mass is 16.5. The molecule has 0 amide bonds. The summed E-state index contributed by atoms with van der Waals surface area (Å²) in [7, 11) is 0. The lowest BCUT2D eigenvalue weighted by Gasteiger charge is -2.38. The monoisotopic (exact) mass is 273 g/mol. The highest BCUT2D eigenvalue weighted by Gasteiger charge is 2.41. The summed E-state index contributed by atoms with van der Waals surface area (Å²) < 4.78 is 5.72. The third-order valence-electron chi connectivity index (χ3n) is 4.61. The Labute approximate surface area is 120 Å². The van der Waals surface area contributed by atoms with Crippen LogP contribution in [-0.4, -0.2) is 35.6 Å². The standard InChI is InChI=1S/C17H23NO2/c1-2-10-18-14-8-9-15(18)12-16(11-14)20-17(19)13-6-4-3-5-7-13/h3-7,14-16H,2,8-12H2,1H3/t14-,15-/m0/s1. The molecule has 2 aliphatic rings. The molecule has 20 heavy (non-hydrogen) atoms. The Morgan fingerprint density at radius 1 is 1.20 bits per heavy atom. The van der Waals surface area contributed by atoms with Crippen molar-refractivity contribution in [2.75, 3.05) is 6.54 Å². The van der Waals surface area contributed by atoms with E-state index in [9.17, 15) is 4.79 Å². The van der Waals surface area contributed by atoms with Gasteiger partial charge in [0.25, 0.3) is 0 Å². The van der Waals surface area contributed by atoms with Crippen molar-refractivity contribution in [1.29, 1.82) is 0 Å². The van der Waals surface area contributed by atoms with Gasteiger partial charge in [0.2, 0.25) is 0 Å². The second-order valence-corrected chi connectivity index (χ2v) is 5.99. The number of ether oxygens (including phenoxy) is 1. The third-order valence-corrected chi connectivity index (χ3v) is 4.61. The van der Waals surface area contributed by atoms with Crippen LogP contribution in [0.15, 0.2) is 30.3 Å². The van der Waals surface area contributed by atoms with Gasteiger partial charge in [-0.25, -0.2) is 4.79 Å². The van der Waals surface area contributed by atoms with Gasteiger partial charge in [0.15, 0.2) is 0 Å². The summed E-state index contributed by atoms with van der Waals surface area (Å²) in [6.45, 7) is 3.43. The molecule has 2 heterocycles. The Bertz CT molecular complexity index is 445. The van der Waals surface area contributed by atoms with Gasteiger partial charge < -0.3 is 4.74 Å². The van der Waals surface area contributed by atoms with Gasteiger partial charge >= 0.3 is 5.97 Å². The SMILES string of the molecule is CCCN1[C@H]2CC[C@H]1CC(OC(=O)c1ccccc1)C2. The van der Waals surface area contributed by atoms with Gasteiger partial charge in [0.1, 0.15) is 6.10 Å². The van der Waals surface area contributed by atoms with E-state index in [1.165, 1.54) is 25.8 Å². The van der Waals surface area contributed by atoms with Crippen LogP contribution in [0.3, 0.4) is 0 Å². The van der Waals surface area contributed by atoms with Gasteiger partial charge in [-0.3, -0.25) is 4.90 Å². The minimum atomic E-state index is -0.168. The normalized spacial score (nSPS) is 29.4. The van der Waals surface area contributed by atoms with Gasteiger partial charge in [-0.2, -0.15) is 0 Å². The molecular weight excluding hydrogens is 250 g/mol. The number of nitrogens with zero attached hydrogens (tertiary/aromatic N) is 1. The van der Waals surface area contributed by atoms with Crippen molar-refractivity contribution >= 4 is 5.97 Å². The second kappa shape index (κ2) is 5.96. The number of piperidine rings is 1. The van der Waals surface area contributed by atoms with E-state index in [-0.39, 0.29) is 12.1 Å². The van der Waals surface area contributed by atoms with Gasteiger partial charge in [0.05, 0.1) is 5.56 Å². The molecule has 2 bridgehead atoms. The van der Waals surface area contributed by atoms with Crippen LogP contribution in [0.1, 0.15) is 49.4 Å². The molecule has 3 heteroatoms. The average Bonchev–Trinajstić information content (AvgIpc) is 2.71. The molecule has 2 fully saturated rings. The summed E-state index contributed by atoms with van der Waals surface area (Å²) in [5.41, 5.74) is 0.663. The van der Waals surface area contributed by atoms with E-state index < -0.39 is 0 Å². The molecule has 1 aromatic carbocycles. The predicted octanol–water partition coefficient (Wildman–Crippen LogP) is 3.25. The van der Waals surface area contributed by atoms with Crippen LogP contribution in [0, 0.1) is 0 Å². The van der Waals surface area contributed by atoms with E-state index in [1.807, 2.05) is 30.3 Å². The Kier molecular flexibility index (Phi) is 4.06. The summed E-state index contributed by atoms with van der Waals surface area (Å²) >= 11 is 0. The molecule has 3 nitrogen and oxygen atoms in total. The molecule has 3 rings (SSSR count). The van der Waals surface area contributed by atoms with Crippen molar-refractivity contribution < 1.29 is 9.53 Å². The lowest BCUT2D eigenvalue weighted by molar-refractivity contribution is -0.00596. The molecule has 0 aromatic heterocycles. The summed E-state index contributed by atoms with van der Waals surface area (Å²) in [6.07, 6.45) is 5.87. The van der Waals surface area contributed by atoms with Crippen molar-refractivity contribution in [3.05, 3.63) is 35.9 Å². The van der Waals surface area contributed by atoms with Gasteiger partial charge in [0, 0.05) is 24.9 Å². The van der Waals surface area contributed by atoms with Gasteiger partial charge in [-0.15, -0.1) is 0 Å². The predicted molar refractivity (Wildman–Crippen MR) is 78.7 cm³/mol. The van der Waals surface area contributed by atoms with E-state index >= 15 is 0 Å². The fourth-order valence-electron chi connectivity index (χ4n) is 3.74. The number of carbonyl (C=O) groups is 1. The fraction of sp³-hybridized carbons (Fsp3) is 0.588. The summed E-state index contributed by atoms with van der Waals surface area (Å²) in [4.78, 5) is 14.7. The van der Waals surface area contributed by atoms with E-state index in [1.54, 1.807) is 0 Å². The zero-order valence-electron chi connectivity index (χ0n) is 12.1. The van der Waals surface area contributed by atoms with E-state index in [4.69, 9.17) is 4.74 Å². The van der Waals surface area contributed by atoms with Gasteiger partial charge in [-0.05, 0) is 37.9 Å². The van der Waals surface area contributed by atoms with Crippen LogP contribution in [-0.2, 0) is 4.74 Å². The van der Waals surface area contributed by atoms with Crippen LogP contribution in [0.5, 0.6) is 0 Å². The highest BCUT2D eigenvalue weighted by Crippen LogP contribution is 2.37. The molecule has 2 saturated heterocycles. The number of hydrogen-bond acceptors (Lipinski definition) is 3. The van der Waals surface area contributed by atoms with Crippen LogP contribution >= 0.6 is 0 Å². The summed E-state index contributed by atoms with van der Waals surface area (Å²) in [6, 6.07) is 10.6. The number of benzene rings is 1. The minimum absolute atomic E-state index is 0.105. The first-order valence-corrected chi connectivity index (χ1v) is 7.79. The third kappa shape index (κ3) is 2.73. The molecular formula is C17H23NO2. The Balaban J connectivity index is 1.60. The molecule has 108 valence electrons. The first kappa shape index (κ1) is 13.6. The lowest BCUT2D eigenvalue weighted by atomic mass is 9.99. The topological polar surface area (TPSA) is 29.5 Å². The molecule has 1 aromatic rings. The van der Waals surface area contributed by atoms with Crippen molar-refractivity contribution in [3.63, 3.8) is 0 Å². The average molecular weight is 273 g/mol. The Morgan fingerprint density at radius 2 is 1.85 bits per heavy atom. The second-order valence-electron chi connectivity index (χ2n) is 5.99. The highest BCUT2D eigenvalue weighted by molar-refractivity contribution is 5.89. The fourth-order valence-corrected chi connectivity index (χ4v) is 3.74. The van der Waals surface area contributed by atoms with E-state index in [0.717, 1.165) is 12.8 Å². The van der Waals surface area contributed by atoms with Gasteiger partial charge in [-0.1, -0.05) is 25.1 Å². The molecule has 0 aliphatic carbocycles. The molecule has 2 aliphatic heterocycles. The zero-order valence-corrected chi connectivity index (χ0v) is 12.1. The first-order valence-electron chi connectivity index (χ1n) is 7.79. The number of esters is 1. The number of hydrogen-bond donors (Lipinski definition) is 0. The van der Waals surface area contributed by atoms with E-state index in [2.05, 4.69) is 11.8 Å². The maximum atomic E-state index is 12.1. The van der Waals surface area contributed by atoms with Crippen LogP contribution < -0.4 is 0 Å². The maximum absolute atomic E-state index is 12.1. The lowest BCUT2D eigenvalue weighted by Crippen LogP contribution is -2.46. The Morgan fingerprint density at radius 3 is 2.45 bits per heavy atom. The van der Waals surface area contributed by atoms with Crippen molar-refractivity contribution in [3.8, 4) is 0 Å². The molecule has 0 saturated carbocycles. The van der Waals surface area contributed by atoms with Crippen molar-refractivity contribution in [2.45, 2.75) is 57.2 Å². The molecule has 0 unspecified atom stereocenters. The number of fused-ring (bicyclic) bond motifs is 2. The van der Waals surface area contributed by atoms with Crippen molar-refractivity contribution in [1.82, 2.24) is 4.90 Å². The maximum Gasteiger partial charge on any atom is 0.338 e. The first-order chi connectivity index (χ1) is 9.78. The van der Waals surface area contributed by atoms with Crippen LogP contribution in [0.4, 0.5) is 0 Å². The number of carbonyl (C=O) groups excluding carboxylic acids is 1. The largest absolute Gasteiger partial charge is 0.459 e. The molecule has 0 N–H and O–H groups in total. The summed E-state index contributed by atoms with van der Waals surface area (Å²) in [5, 5.41) is 0. The molecule has 2 atom stereocenters. The zero-order chi connectivity index (χ0) is 13.9. The number of rotatable bonds is 4. The quantitative estimate of drug-likeness (QED) is 0.789. The summed E-state index contributed by atoms with van der Waals surface area (Å²) in [5.74, 6) is -0.168. The minimum Gasteiger partial charge on any atom is -0.459 e. The van der Waals surface area contributed by atoms with Crippen LogP contribution in [0.25, 0.3) is 0 Å². The smallest absolute Gasteiger partial charge is 0.338 e. The van der Waals surface area contributed by atoms with E-state index in [0.29, 0.717) is 17.6 Å². The van der Waals surface area contributed by atoms with Crippen molar-refractivity contribution in [2.24, 2.45) is 0 Å². The molecule has 0 spiro atoms.